The molecule has 0 heterocycles. The molecule has 0 amide bonds. The van der Waals surface area contributed by atoms with E-state index in [1.165, 1.54) is 57.8 Å². The number of esters is 2. The van der Waals surface area contributed by atoms with Gasteiger partial charge in [0.1, 0.15) is 6.61 Å². The van der Waals surface area contributed by atoms with Gasteiger partial charge in [0, 0.05) is 12.8 Å². The summed E-state index contributed by atoms with van der Waals surface area (Å²) in [7, 11) is 0. The van der Waals surface area contributed by atoms with Crippen molar-refractivity contribution in [1.82, 2.24) is 0 Å². The molecule has 456 valence electrons. The third-order valence-corrected chi connectivity index (χ3v) is 13.1. The fraction of sp³-hybridized carbons (Fsp3) is 0.532. The zero-order valence-corrected chi connectivity index (χ0v) is 52.2. The first-order chi connectivity index (χ1) is 40.6. The average Bonchev–Trinajstić information content (AvgIpc) is 3.49. The fourth-order valence-electron chi connectivity index (χ4n) is 8.27. The molecule has 1 N–H and O–H groups in total. The summed E-state index contributed by atoms with van der Waals surface area (Å²) in [5.74, 6) is -0.629. The van der Waals surface area contributed by atoms with Crippen molar-refractivity contribution in [2.45, 2.75) is 251 Å². The Morgan fingerprint density at radius 1 is 0.280 bits per heavy atom. The zero-order valence-electron chi connectivity index (χ0n) is 52.2. The molecule has 0 saturated heterocycles. The number of carbonyl (C=O) groups excluding carboxylic acids is 2. The molecule has 1 atom stereocenters. The molecule has 5 nitrogen and oxygen atoms in total. The summed E-state index contributed by atoms with van der Waals surface area (Å²) in [6, 6.07) is 0. The van der Waals surface area contributed by atoms with E-state index in [-0.39, 0.29) is 25.2 Å². The highest BCUT2D eigenvalue weighted by molar-refractivity contribution is 5.70. The maximum atomic E-state index is 12.4. The molecule has 0 radical (unpaired) electrons. The van der Waals surface area contributed by atoms with Crippen molar-refractivity contribution in [2.24, 2.45) is 0 Å². The van der Waals surface area contributed by atoms with Crippen molar-refractivity contribution in [1.29, 1.82) is 0 Å². The molecule has 0 rings (SSSR count). The van der Waals surface area contributed by atoms with Crippen LogP contribution in [0, 0.1) is 0 Å². The van der Waals surface area contributed by atoms with Gasteiger partial charge in [0.15, 0.2) is 6.10 Å². The van der Waals surface area contributed by atoms with Gasteiger partial charge in [-0.25, -0.2) is 0 Å². The lowest BCUT2D eigenvalue weighted by molar-refractivity contribution is -0.161. The van der Waals surface area contributed by atoms with E-state index in [0.29, 0.717) is 12.8 Å². The minimum absolute atomic E-state index is 0.0900. The Labute approximate surface area is 504 Å². The van der Waals surface area contributed by atoms with Crippen LogP contribution in [0.1, 0.15) is 245 Å². The maximum Gasteiger partial charge on any atom is 0.306 e. The molecular weight excluding hydrogens is 1000 g/mol. The number of unbranched alkanes of at least 4 members (excludes halogenated alkanes) is 15. The van der Waals surface area contributed by atoms with Crippen LogP contribution < -0.4 is 0 Å². The summed E-state index contributed by atoms with van der Waals surface area (Å²) in [5, 5.41) is 9.69. The molecule has 5 heteroatoms. The van der Waals surface area contributed by atoms with Gasteiger partial charge in [-0.05, 0) is 148 Å². The second kappa shape index (κ2) is 69.7. The van der Waals surface area contributed by atoms with Gasteiger partial charge in [-0.15, -0.1) is 0 Å². The first kappa shape index (κ1) is 76.5. The molecule has 0 aromatic rings. The van der Waals surface area contributed by atoms with E-state index in [9.17, 15) is 14.7 Å². The van der Waals surface area contributed by atoms with Gasteiger partial charge < -0.3 is 14.6 Å². The SMILES string of the molecule is CC/C=C\C/C=C\C/C=C\C/C=C\C/C=C\C/C=C\C/C=C\C/C=C\C/C=C\CCCCCCCCCCCC(=O)OC(CO)COC(=O)CCCCCCCC/C=C\C/C=C\C/C=C\C/C=C\C/C=C\C/C=C\C/C=C\C/C=C\CC. The van der Waals surface area contributed by atoms with E-state index in [0.717, 1.165) is 161 Å². The third-order valence-electron chi connectivity index (χ3n) is 13.1. The highest BCUT2D eigenvalue weighted by Gasteiger charge is 2.16. The van der Waals surface area contributed by atoms with Crippen LogP contribution in [-0.2, 0) is 19.1 Å². The highest BCUT2D eigenvalue weighted by Crippen LogP contribution is 2.14. The standard InChI is InChI=1S/C77H118O5/c1-3-5-7-9-11-13-15-17-19-21-23-25-27-29-31-33-35-36-37-38-39-40-42-44-46-48-50-52-54-56-58-60-62-64-66-68-70-72-77(80)82-75(73-78)74-81-76(79)71-69-67-65-63-61-59-57-55-53-51-49-47-45-43-41-34-32-30-28-26-24-22-20-18-16-14-12-10-8-6-4-2/h5-8,11-14,17-20,23-26,29-32,35-36,38-39,41-44,47-50,53,55,75,78H,3-4,9-10,15-16,21-22,27-28,33-34,37,40,45-46,51-52,54,56-74H2,1-2H3/b7-5-,8-6-,13-11-,14-12-,19-17-,20-18-,25-23-,26-24-,31-29-,32-30-,36-35-,39-38-,43-41-,44-42-,49-47-,50-48-,55-53-. The summed E-state index contributed by atoms with van der Waals surface area (Å²) in [6.45, 7) is 3.88. The molecule has 0 spiro atoms. The van der Waals surface area contributed by atoms with Gasteiger partial charge in [-0.1, -0.05) is 291 Å². The first-order valence-electron chi connectivity index (χ1n) is 32.6. The number of aliphatic hydroxyl groups is 1. The van der Waals surface area contributed by atoms with E-state index in [1.54, 1.807) is 0 Å². The van der Waals surface area contributed by atoms with Crippen LogP contribution in [0.4, 0.5) is 0 Å². The van der Waals surface area contributed by atoms with Crippen LogP contribution in [-0.4, -0.2) is 36.4 Å². The Balaban J connectivity index is 3.64. The minimum atomic E-state index is -0.800. The number of hydrogen-bond acceptors (Lipinski definition) is 5. The molecule has 0 fully saturated rings. The number of ether oxygens (including phenoxy) is 2. The molecule has 0 aliphatic heterocycles. The normalized spacial score (nSPS) is 13.6. The zero-order chi connectivity index (χ0) is 59.1. The van der Waals surface area contributed by atoms with Crippen molar-refractivity contribution in [3.8, 4) is 0 Å². The van der Waals surface area contributed by atoms with E-state index in [1.807, 2.05) is 0 Å². The smallest absolute Gasteiger partial charge is 0.306 e. The number of carbonyl (C=O) groups is 2. The van der Waals surface area contributed by atoms with Crippen molar-refractivity contribution in [3.05, 3.63) is 207 Å². The maximum absolute atomic E-state index is 12.4. The first-order valence-corrected chi connectivity index (χ1v) is 32.6. The lowest BCUT2D eigenvalue weighted by Crippen LogP contribution is -2.28. The summed E-state index contributed by atoms with van der Waals surface area (Å²) >= 11 is 0. The van der Waals surface area contributed by atoms with Gasteiger partial charge in [0.05, 0.1) is 6.61 Å². The Morgan fingerprint density at radius 2 is 0.488 bits per heavy atom. The van der Waals surface area contributed by atoms with Crippen molar-refractivity contribution in [2.75, 3.05) is 13.2 Å². The van der Waals surface area contributed by atoms with Crippen molar-refractivity contribution in [3.63, 3.8) is 0 Å². The molecule has 0 aromatic heterocycles. The van der Waals surface area contributed by atoms with E-state index in [2.05, 4.69) is 220 Å². The van der Waals surface area contributed by atoms with E-state index < -0.39 is 6.10 Å². The summed E-state index contributed by atoms with van der Waals surface area (Å²) < 4.78 is 10.7. The number of hydrogen-bond donors (Lipinski definition) is 1. The summed E-state index contributed by atoms with van der Waals surface area (Å²) in [4.78, 5) is 24.6. The van der Waals surface area contributed by atoms with Crippen LogP contribution in [0.25, 0.3) is 0 Å². The van der Waals surface area contributed by atoms with Crippen molar-refractivity contribution >= 4 is 11.9 Å². The van der Waals surface area contributed by atoms with Gasteiger partial charge in [0.25, 0.3) is 0 Å². The Kier molecular flexibility index (Phi) is 65.1. The summed E-state index contributed by atoms with van der Waals surface area (Å²) in [5.41, 5.74) is 0. The van der Waals surface area contributed by atoms with Gasteiger partial charge in [-0.2, -0.15) is 0 Å². The van der Waals surface area contributed by atoms with Gasteiger partial charge in [0.2, 0.25) is 0 Å². The van der Waals surface area contributed by atoms with Crippen molar-refractivity contribution < 1.29 is 24.2 Å². The van der Waals surface area contributed by atoms with Gasteiger partial charge >= 0.3 is 11.9 Å². The van der Waals surface area contributed by atoms with Crippen LogP contribution in [0.5, 0.6) is 0 Å². The third kappa shape index (κ3) is 67.0. The Hall–Kier alpha value is -5.52. The van der Waals surface area contributed by atoms with Crippen LogP contribution in [0.2, 0.25) is 0 Å². The monoisotopic (exact) mass is 1120 g/mol. The number of rotatable bonds is 57. The average molecular weight is 1120 g/mol. The topological polar surface area (TPSA) is 72.8 Å². The molecule has 0 aliphatic carbocycles. The van der Waals surface area contributed by atoms with Crippen LogP contribution in [0.3, 0.4) is 0 Å². The van der Waals surface area contributed by atoms with Gasteiger partial charge in [-0.3, -0.25) is 9.59 Å². The second-order valence-electron chi connectivity index (χ2n) is 20.7. The number of aliphatic hydroxyl groups excluding tert-OH is 1. The fourth-order valence-corrected chi connectivity index (χ4v) is 8.27. The Morgan fingerprint density at radius 3 is 0.732 bits per heavy atom. The molecule has 0 aromatic carbocycles. The second-order valence-corrected chi connectivity index (χ2v) is 20.7. The quantitative estimate of drug-likeness (QED) is 0.0373. The lowest BCUT2D eigenvalue weighted by atomic mass is 10.1. The molecule has 0 saturated carbocycles. The predicted octanol–water partition coefficient (Wildman–Crippen LogP) is 23.0. The molecular formula is C77H118O5. The molecule has 0 bridgehead atoms. The molecule has 1 unspecified atom stereocenters. The summed E-state index contributed by atoms with van der Waals surface area (Å²) in [6.07, 6.45) is 112. The lowest BCUT2D eigenvalue weighted by Gasteiger charge is -2.15. The molecule has 0 aliphatic rings. The highest BCUT2D eigenvalue weighted by atomic mass is 16.6. The van der Waals surface area contributed by atoms with E-state index in [4.69, 9.17) is 9.47 Å². The number of allylic oxidation sites excluding steroid dienone is 34. The van der Waals surface area contributed by atoms with E-state index >= 15 is 0 Å². The minimum Gasteiger partial charge on any atom is -0.462 e. The predicted molar refractivity (Wildman–Crippen MR) is 361 cm³/mol. The Bertz CT molecular complexity index is 1950. The van der Waals surface area contributed by atoms with Crippen LogP contribution >= 0.6 is 0 Å². The largest absolute Gasteiger partial charge is 0.462 e. The molecule has 82 heavy (non-hydrogen) atoms. The van der Waals surface area contributed by atoms with Crippen LogP contribution in [0.15, 0.2) is 207 Å².